The number of benzene rings is 2. The quantitative estimate of drug-likeness (QED) is 0.709. The average molecular weight is 466 g/mol. The van der Waals surface area contributed by atoms with Crippen molar-refractivity contribution < 1.29 is 14.7 Å². The lowest BCUT2D eigenvalue weighted by Gasteiger charge is -2.20. The molecule has 6 nitrogen and oxygen atoms in total. The second-order valence-electron chi connectivity index (χ2n) is 9.09. The highest BCUT2D eigenvalue weighted by Gasteiger charge is 2.25. The van der Waals surface area contributed by atoms with Crippen LogP contribution in [0.4, 0.5) is 0 Å². The van der Waals surface area contributed by atoms with Gasteiger partial charge in [-0.05, 0) is 67.6 Å². The SMILES string of the molecule is CCCc1ccc(C(=O)N2CCCNCC2)cc1.CCc1ccc(C(=O)N2CCC(O)C2)cc1. The van der Waals surface area contributed by atoms with E-state index in [9.17, 15) is 14.7 Å². The zero-order valence-electron chi connectivity index (χ0n) is 20.6. The Morgan fingerprint density at radius 1 is 0.853 bits per heavy atom. The van der Waals surface area contributed by atoms with E-state index in [4.69, 9.17) is 0 Å². The first-order valence-corrected chi connectivity index (χ1v) is 12.7. The maximum atomic E-state index is 12.3. The van der Waals surface area contributed by atoms with Gasteiger partial charge in [-0.15, -0.1) is 0 Å². The molecule has 2 aliphatic heterocycles. The molecule has 0 aliphatic carbocycles. The van der Waals surface area contributed by atoms with Gasteiger partial charge in [-0.25, -0.2) is 0 Å². The Morgan fingerprint density at radius 3 is 2.03 bits per heavy atom. The van der Waals surface area contributed by atoms with Crippen LogP contribution in [-0.4, -0.2) is 72.1 Å². The number of hydrogen-bond acceptors (Lipinski definition) is 4. The maximum absolute atomic E-state index is 12.3. The molecule has 2 aromatic carbocycles. The molecule has 2 aliphatic rings. The summed E-state index contributed by atoms with van der Waals surface area (Å²) >= 11 is 0. The smallest absolute Gasteiger partial charge is 0.253 e. The molecule has 0 radical (unpaired) electrons. The van der Waals surface area contributed by atoms with Crippen LogP contribution >= 0.6 is 0 Å². The highest BCUT2D eigenvalue weighted by atomic mass is 16.3. The van der Waals surface area contributed by atoms with Crippen LogP contribution in [0.3, 0.4) is 0 Å². The molecule has 6 heteroatoms. The van der Waals surface area contributed by atoms with E-state index < -0.39 is 0 Å². The Hall–Kier alpha value is -2.70. The number of aryl methyl sites for hydroxylation is 2. The third-order valence-corrected chi connectivity index (χ3v) is 6.43. The molecular weight excluding hydrogens is 426 g/mol. The Morgan fingerprint density at radius 2 is 1.47 bits per heavy atom. The zero-order chi connectivity index (χ0) is 24.3. The number of aliphatic hydroxyl groups is 1. The fourth-order valence-corrected chi connectivity index (χ4v) is 4.33. The highest BCUT2D eigenvalue weighted by Crippen LogP contribution is 2.14. The summed E-state index contributed by atoms with van der Waals surface area (Å²) in [5, 5.41) is 12.7. The van der Waals surface area contributed by atoms with Gasteiger partial charge in [0, 0.05) is 43.9 Å². The predicted octanol–water partition coefficient (Wildman–Crippen LogP) is 3.53. The van der Waals surface area contributed by atoms with Gasteiger partial charge >= 0.3 is 0 Å². The van der Waals surface area contributed by atoms with Crippen LogP contribution in [0.5, 0.6) is 0 Å². The molecule has 2 heterocycles. The summed E-state index contributed by atoms with van der Waals surface area (Å²) in [6, 6.07) is 15.8. The Balaban J connectivity index is 0.000000192. The first kappa shape index (κ1) is 25.9. The largest absolute Gasteiger partial charge is 0.391 e. The van der Waals surface area contributed by atoms with Gasteiger partial charge in [0.15, 0.2) is 0 Å². The van der Waals surface area contributed by atoms with Crippen LogP contribution < -0.4 is 5.32 Å². The van der Waals surface area contributed by atoms with Crippen LogP contribution in [-0.2, 0) is 12.8 Å². The minimum absolute atomic E-state index is 0.0270. The van der Waals surface area contributed by atoms with Crippen LogP contribution in [0.25, 0.3) is 0 Å². The fourth-order valence-electron chi connectivity index (χ4n) is 4.33. The molecule has 2 N–H and O–H groups in total. The molecule has 4 rings (SSSR count). The van der Waals surface area contributed by atoms with Gasteiger partial charge in [0.05, 0.1) is 6.10 Å². The number of carbonyl (C=O) groups excluding carboxylic acids is 2. The van der Waals surface area contributed by atoms with Gasteiger partial charge in [-0.1, -0.05) is 44.5 Å². The summed E-state index contributed by atoms with van der Waals surface area (Å²) in [5.41, 5.74) is 4.08. The number of nitrogens with one attached hydrogen (secondary N) is 1. The molecule has 1 unspecified atom stereocenters. The highest BCUT2D eigenvalue weighted by molar-refractivity contribution is 5.94. The minimum atomic E-state index is -0.348. The van der Waals surface area contributed by atoms with E-state index in [1.165, 1.54) is 11.1 Å². The number of aliphatic hydroxyl groups excluding tert-OH is 1. The van der Waals surface area contributed by atoms with E-state index in [-0.39, 0.29) is 17.9 Å². The Bertz CT molecular complexity index is 903. The summed E-state index contributed by atoms with van der Waals surface area (Å²) in [6.45, 7) is 8.98. The molecule has 184 valence electrons. The number of carbonyl (C=O) groups is 2. The molecule has 2 saturated heterocycles. The predicted molar refractivity (Wildman–Crippen MR) is 136 cm³/mol. The normalized spacial score (nSPS) is 18.1. The van der Waals surface area contributed by atoms with Crippen LogP contribution in [0, 0.1) is 0 Å². The molecule has 2 fully saturated rings. The van der Waals surface area contributed by atoms with Gasteiger partial charge in [0.25, 0.3) is 11.8 Å². The number of rotatable bonds is 5. The number of β-amino-alcohol motifs (C(OH)–C–C–N with tert-alkyl or cyclic N) is 1. The van der Waals surface area contributed by atoms with Crippen molar-refractivity contribution in [2.45, 2.75) is 52.1 Å². The van der Waals surface area contributed by atoms with Crippen molar-refractivity contribution in [3.63, 3.8) is 0 Å². The molecule has 2 amide bonds. The third kappa shape index (κ3) is 7.40. The summed E-state index contributed by atoms with van der Waals surface area (Å²) in [4.78, 5) is 28.0. The molecule has 1 atom stereocenters. The molecular formula is C28H39N3O3. The van der Waals surface area contributed by atoms with Gasteiger partial charge in [0.1, 0.15) is 0 Å². The number of hydrogen-bond donors (Lipinski definition) is 2. The monoisotopic (exact) mass is 465 g/mol. The second-order valence-corrected chi connectivity index (χ2v) is 9.09. The van der Waals surface area contributed by atoms with Crippen molar-refractivity contribution in [2.75, 3.05) is 39.3 Å². The standard InChI is InChI=1S/C15H22N2O.C13H17NO2/c1-2-4-13-5-7-14(8-6-13)15(18)17-11-3-9-16-10-12-17;1-2-10-3-5-11(6-4-10)13(16)14-8-7-12(15)9-14/h5-8,16H,2-4,9-12H2,1H3;3-6,12,15H,2,7-9H2,1H3. The van der Waals surface area contributed by atoms with Crippen molar-refractivity contribution in [3.05, 3.63) is 70.8 Å². The first-order chi connectivity index (χ1) is 16.5. The van der Waals surface area contributed by atoms with E-state index in [2.05, 4.69) is 31.3 Å². The maximum Gasteiger partial charge on any atom is 0.253 e. The minimum Gasteiger partial charge on any atom is -0.391 e. The molecule has 0 aromatic heterocycles. The average Bonchev–Trinajstić information content (AvgIpc) is 3.13. The lowest BCUT2D eigenvalue weighted by Crippen LogP contribution is -2.34. The summed E-state index contributed by atoms with van der Waals surface area (Å²) in [5.74, 6) is 0.195. The second kappa shape index (κ2) is 13.3. The molecule has 0 bridgehead atoms. The van der Waals surface area contributed by atoms with E-state index in [1.54, 1.807) is 4.90 Å². The van der Waals surface area contributed by atoms with Gasteiger partial charge < -0.3 is 20.2 Å². The number of amides is 2. The lowest BCUT2D eigenvalue weighted by atomic mass is 10.1. The topological polar surface area (TPSA) is 72.9 Å². The fraction of sp³-hybridized carbons (Fsp3) is 0.500. The zero-order valence-corrected chi connectivity index (χ0v) is 20.6. The molecule has 34 heavy (non-hydrogen) atoms. The lowest BCUT2D eigenvalue weighted by molar-refractivity contribution is 0.0759. The van der Waals surface area contributed by atoms with Crippen LogP contribution in [0.2, 0.25) is 0 Å². The van der Waals surface area contributed by atoms with Crippen molar-refractivity contribution >= 4 is 11.8 Å². The molecule has 2 aromatic rings. The van der Waals surface area contributed by atoms with E-state index in [1.807, 2.05) is 41.3 Å². The summed E-state index contributed by atoms with van der Waals surface area (Å²) in [7, 11) is 0. The van der Waals surface area contributed by atoms with E-state index in [0.717, 1.165) is 57.4 Å². The number of likely N-dealkylation sites (tertiary alicyclic amines) is 1. The van der Waals surface area contributed by atoms with E-state index >= 15 is 0 Å². The summed E-state index contributed by atoms with van der Waals surface area (Å²) in [6.07, 6.45) is 4.60. The first-order valence-electron chi connectivity index (χ1n) is 12.7. The van der Waals surface area contributed by atoms with Crippen molar-refractivity contribution in [1.29, 1.82) is 0 Å². The van der Waals surface area contributed by atoms with Gasteiger partial charge in [-0.3, -0.25) is 9.59 Å². The Labute approximate surface area is 204 Å². The van der Waals surface area contributed by atoms with Crippen LogP contribution in [0.15, 0.2) is 48.5 Å². The third-order valence-electron chi connectivity index (χ3n) is 6.43. The van der Waals surface area contributed by atoms with Gasteiger partial charge in [-0.2, -0.15) is 0 Å². The van der Waals surface area contributed by atoms with E-state index in [0.29, 0.717) is 25.1 Å². The summed E-state index contributed by atoms with van der Waals surface area (Å²) < 4.78 is 0. The van der Waals surface area contributed by atoms with Crippen molar-refractivity contribution in [3.8, 4) is 0 Å². The molecule has 0 saturated carbocycles. The van der Waals surface area contributed by atoms with Crippen molar-refractivity contribution in [1.82, 2.24) is 15.1 Å². The molecule has 0 spiro atoms. The number of nitrogens with zero attached hydrogens (tertiary/aromatic N) is 2. The van der Waals surface area contributed by atoms with Gasteiger partial charge in [0.2, 0.25) is 0 Å². The Kier molecular flexibility index (Phi) is 10.1. The van der Waals surface area contributed by atoms with Crippen LogP contribution in [0.1, 0.15) is 65.0 Å². The van der Waals surface area contributed by atoms with Crippen molar-refractivity contribution in [2.24, 2.45) is 0 Å².